The number of nitrogens with two attached hydrogens (primary N) is 1. The number of fused-ring (bicyclic) bond motifs is 1. The molecule has 0 saturated carbocycles. The molecule has 3 aromatic rings. The number of pyridine rings is 1. The van der Waals surface area contributed by atoms with Crippen molar-refractivity contribution in [2.24, 2.45) is 5.73 Å². The van der Waals surface area contributed by atoms with E-state index in [9.17, 15) is 19.1 Å². The van der Waals surface area contributed by atoms with E-state index in [-0.39, 0.29) is 6.54 Å². The number of primary amides is 1. The number of hydrogen-bond acceptors (Lipinski definition) is 5. The maximum atomic E-state index is 14.0. The van der Waals surface area contributed by atoms with Crippen LogP contribution in [0.3, 0.4) is 0 Å². The summed E-state index contributed by atoms with van der Waals surface area (Å²) in [5, 5.41) is 9.48. The van der Waals surface area contributed by atoms with Crippen LogP contribution >= 0.6 is 0 Å². The van der Waals surface area contributed by atoms with Gasteiger partial charge in [0.15, 0.2) is 11.5 Å². The van der Waals surface area contributed by atoms with Crippen LogP contribution in [0.2, 0.25) is 0 Å². The van der Waals surface area contributed by atoms with Crippen LogP contribution in [0.1, 0.15) is 12.5 Å². The lowest BCUT2D eigenvalue weighted by molar-refractivity contribution is -0.113. The van der Waals surface area contributed by atoms with E-state index in [1.54, 1.807) is 6.20 Å². The molecule has 0 fully saturated rings. The van der Waals surface area contributed by atoms with E-state index in [0.29, 0.717) is 28.0 Å². The summed E-state index contributed by atoms with van der Waals surface area (Å²) in [6.07, 6.45) is 6.34. The van der Waals surface area contributed by atoms with E-state index in [1.807, 2.05) is 0 Å². The minimum atomic E-state index is -0.951. The van der Waals surface area contributed by atoms with Gasteiger partial charge in [-0.3, -0.25) is 9.59 Å². The van der Waals surface area contributed by atoms with Gasteiger partial charge in [-0.1, -0.05) is 0 Å². The third kappa shape index (κ3) is 3.52. The molecule has 0 aliphatic heterocycles. The minimum absolute atomic E-state index is 0.0456. The standard InChI is InChI=1S/C17H16FN5O3/c1-9(24)7-23-8-11(4-12(18)17(23)26)13-6-21-16-15(22-13)10(5-20-16)2-3-14(19)25/h2-6,8-9,24H,7H2,1H3,(H2,19,25)(H,20,21). The van der Waals surface area contributed by atoms with E-state index in [0.717, 1.165) is 10.6 Å². The average Bonchev–Trinajstić information content (AvgIpc) is 2.98. The summed E-state index contributed by atoms with van der Waals surface area (Å²) < 4.78 is 15.1. The zero-order valence-corrected chi connectivity index (χ0v) is 13.8. The molecule has 26 heavy (non-hydrogen) atoms. The van der Waals surface area contributed by atoms with Gasteiger partial charge in [-0.05, 0) is 19.1 Å². The average molecular weight is 357 g/mol. The predicted octanol–water partition coefficient (Wildman–Crippen LogP) is 0.805. The number of rotatable bonds is 5. The number of amides is 1. The van der Waals surface area contributed by atoms with Gasteiger partial charge < -0.3 is 20.4 Å². The van der Waals surface area contributed by atoms with Gasteiger partial charge in [0.2, 0.25) is 5.91 Å². The number of H-pyrrole nitrogens is 1. The van der Waals surface area contributed by atoms with Crippen LogP contribution in [0.5, 0.6) is 0 Å². The zero-order valence-electron chi connectivity index (χ0n) is 13.8. The first-order valence-corrected chi connectivity index (χ1v) is 7.75. The topological polar surface area (TPSA) is 127 Å². The van der Waals surface area contributed by atoms with E-state index >= 15 is 0 Å². The van der Waals surface area contributed by atoms with Crippen LogP contribution in [0.15, 0.2) is 35.5 Å². The number of halogens is 1. The second-order valence-electron chi connectivity index (χ2n) is 5.82. The molecule has 0 saturated heterocycles. The van der Waals surface area contributed by atoms with Gasteiger partial charge in [0, 0.05) is 29.6 Å². The van der Waals surface area contributed by atoms with Crippen LogP contribution in [0.4, 0.5) is 4.39 Å². The lowest BCUT2D eigenvalue weighted by Gasteiger charge is -2.10. The molecule has 8 nitrogen and oxygen atoms in total. The Kier molecular flexibility index (Phi) is 4.63. The number of aromatic nitrogens is 4. The maximum Gasteiger partial charge on any atom is 0.286 e. The molecule has 1 unspecified atom stereocenters. The van der Waals surface area contributed by atoms with Crippen molar-refractivity contribution in [3.05, 3.63) is 52.5 Å². The van der Waals surface area contributed by atoms with Crippen molar-refractivity contribution in [1.29, 1.82) is 0 Å². The fourth-order valence-corrected chi connectivity index (χ4v) is 2.51. The molecule has 0 aromatic carbocycles. The largest absolute Gasteiger partial charge is 0.392 e. The van der Waals surface area contributed by atoms with Gasteiger partial charge in [-0.15, -0.1) is 0 Å². The summed E-state index contributed by atoms with van der Waals surface area (Å²) in [5.74, 6) is -1.55. The van der Waals surface area contributed by atoms with Crippen molar-refractivity contribution in [1.82, 2.24) is 19.5 Å². The van der Waals surface area contributed by atoms with Crippen molar-refractivity contribution in [2.75, 3.05) is 0 Å². The summed E-state index contributed by atoms with van der Waals surface area (Å²) in [7, 11) is 0. The molecule has 1 atom stereocenters. The molecule has 0 aliphatic carbocycles. The summed E-state index contributed by atoms with van der Waals surface area (Å²) >= 11 is 0. The Morgan fingerprint density at radius 2 is 2.31 bits per heavy atom. The second-order valence-corrected chi connectivity index (χ2v) is 5.82. The number of aliphatic hydroxyl groups excluding tert-OH is 1. The second kappa shape index (κ2) is 6.89. The van der Waals surface area contributed by atoms with E-state index in [2.05, 4.69) is 15.0 Å². The molecule has 0 aliphatic rings. The molecule has 3 heterocycles. The highest BCUT2D eigenvalue weighted by Gasteiger charge is 2.12. The Morgan fingerprint density at radius 1 is 1.54 bits per heavy atom. The summed E-state index contributed by atoms with van der Waals surface area (Å²) in [4.78, 5) is 34.3. The quantitative estimate of drug-likeness (QED) is 0.582. The number of aliphatic hydroxyl groups is 1. The monoisotopic (exact) mass is 357 g/mol. The number of carbonyl (C=O) groups excluding carboxylic acids is 1. The van der Waals surface area contributed by atoms with Crippen molar-refractivity contribution in [3.63, 3.8) is 0 Å². The van der Waals surface area contributed by atoms with E-state index in [4.69, 9.17) is 5.73 Å². The molecule has 3 aromatic heterocycles. The first kappa shape index (κ1) is 17.5. The van der Waals surface area contributed by atoms with Crippen molar-refractivity contribution in [3.8, 4) is 11.3 Å². The summed E-state index contributed by atoms with van der Waals surface area (Å²) in [6.45, 7) is 1.45. The smallest absolute Gasteiger partial charge is 0.286 e. The van der Waals surface area contributed by atoms with E-state index < -0.39 is 23.4 Å². The zero-order chi connectivity index (χ0) is 18.8. The van der Waals surface area contributed by atoms with Gasteiger partial charge in [0.1, 0.15) is 5.52 Å². The van der Waals surface area contributed by atoms with Gasteiger partial charge in [-0.2, -0.15) is 0 Å². The molecule has 0 spiro atoms. The van der Waals surface area contributed by atoms with Crippen LogP contribution in [-0.4, -0.2) is 36.6 Å². The van der Waals surface area contributed by atoms with Crippen molar-refractivity contribution < 1.29 is 14.3 Å². The normalized spacial score (nSPS) is 12.7. The highest BCUT2D eigenvalue weighted by molar-refractivity contribution is 5.93. The third-order valence-corrected chi connectivity index (χ3v) is 3.64. The number of nitrogens with one attached hydrogen (secondary N) is 1. The third-order valence-electron chi connectivity index (χ3n) is 3.64. The van der Waals surface area contributed by atoms with Crippen molar-refractivity contribution >= 4 is 23.1 Å². The van der Waals surface area contributed by atoms with Gasteiger partial charge in [0.25, 0.3) is 5.56 Å². The minimum Gasteiger partial charge on any atom is -0.392 e. The van der Waals surface area contributed by atoms with Gasteiger partial charge in [0.05, 0.1) is 24.5 Å². The lowest BCUT2D eigenvalue weighted by atomic mass is 10.2. The Bertz CT molecular complexity index is 1070. The maximum absolute atomic E-state index is 14.0. The SMILES string of the molecule is CC(O)Cn1cc(-c2cnc3[nH]cc(C=CC(N)=O)c3n2)cc(F)c1=O. The predicted molar refractivity (Wildman–Crippen MR) is 93.5 cm³/mol. The fourth-order valence-electron chi connectivity index (χ4n) is 2.51. The summed E-state index contributed by atoms with van der Waals surface area (Å²) in [5.41, 5.74) is 6.48. The highest BCUT2D eigenvalue weighted by atomic mass is 19.1. The Hall–Kier alpha value is -3.33. The Balaban J connectivity index is 2.10. The van der Waals surface area contributed by atoms with Crippen LogP contribution in [-0.2, 0) is 11.3 Å². The molecular weight excluding hydrogens is 341 g/mol. The summed E-state index contributed by atoms with van der Waals surface area (Å²) in [6, 6.07) is 1.07. The highest BCUT2D eigenvalue weighted by Crippen LogP contribution is 2.21. The van der Waals surface area contributed by atoms with E-state index in [1.165, 1.54) is 31.5 Å². The first-order valence-electron chi connectivity index (χ1n) is 7.75. The van der Waals surface area contributed by atoms with Crippen molar-refractivity contribution in [2.45, 2.75) is 19.6 Å². The molecule has 1 amide bonds. The number of hydrogen-bond donors (Lipinski definition) is 3. The van der Waals surface area contributed by atoms with Gasteiger partial charge in [-0.25, -0.2) is 14.4 Å². The molecule has 3 rings (SSSR count). The van der Waals surface area contributed by atoms with Gasteiger partial charge >= 0.3 is 0 Å². The molecule has 9 heteroatoms. The Labute approximate surface area is 146 Å². The van der Waals surface area contributed by atoms with Crippen LogP contribution in [0.25, 0.3) is 28.5 Å². The number of carbonyl (C=O) groups is 1. The van der Waals surface area contributed by atoms with Crippen LogP contribution in [0, 0.1) is 5.82 Å². The molecule has 134 valence electrons. The molecule has 0 radical (unpaired) electrons. The number of aromatic amines is 1. The fraction of sp³-hybridized carbons (Fsp3) is 0.176. The molecule has 4 N–H and O–H groups in total. The number of nitrogens with zero attached hydrogens (tertiary/aromatic N) is 3. The van der Waals surface area contributed by atoms with Crippen LogP contribution < -0.4 is 11.3 Å². The molecular formula is C17H16FN5O3. The lowest BCUT2D eigenvalue weighted by Crippen LogP contribution is -2.27. The Morgan fingerprint density at radius 3 is 3.00 bits per heavy atom. The first-order chi connectivity index (χ1) is 12.3. The molecule has 0 bridgehead atoms.